The summed E-state index contributed by atoms with van der Waals surface area (Å²) in [4.78, 5) is 33.1. The zero-order valence-electron chi connectivity index (χ0n) is 17.1. The van der Waals surface area contributed by atoms with Gasteiger partial charge in [-0.3, -0.25) is 25.0 Å². The van der Waals surface area contributed by atoms with E-state index in [4.69, 9.17) is 16.3 Å². The van der Waals surface area contributed by atoms with E-state index >= 15 is 0 Å². The highest BCUT2D eigenvalue weighted by molar-refractivity contribution is 6.17. The molecule has 0 aliphatic rings. The Hall–Kier alpha value is -3.00. The van der Waals surface area contributed by atoms with Crippen LogP contribution in [0.25, 0.3) is 0 Å². The molecule has 2 aromatic rings. The molecule has 0 amide bonds. The number of benzene rings is 2. The molecule has 166 valence electrons. The lowest BCUT2D eigenvalue weighted by molar-refractivity contribution is -0.385. The third-order valence-electron chi connectivity index (χ3n) is 4.83. The number of alkyl halides is 1. The molecule has 0 aliphatic heterocycles. The van der Waals surface area contributed by atoms with Gasteiger partial charge < -0.3 is 4.74 Å². The Bertz CT molecular complexity index is 901. The minimum atomic E-state index is -0.480. The predicted molar refractivity (Wildman–Crippen MR) is 117 cm³/mol. The fourth-order valence-corrected chi connectivity index (χ4v) is 3.32. The van der Waals surface area contributed by atoms with Gasteiger partial charge in [-0.25, -0.2) is 0 Å². The first-order valence-corrected chi connectivity index (χ1v) is 10.6. The predicted octanol–water partition coefficient (Wildman–Crippen LogP) is 5.37. The molecular formula is C22H25ClN2O6. The van der Waals surface area contributed by atoms with Crippen molar-refractivity contribution in [2.24, 2.45) is 0 Å². The molecule has 0 unspecified atom stereocenters. The Morgan fingerprint density at radius 2 is 1.52 bits per heavy atom. The van der Waals surface area contributed by atoms with Crippen LogP contribution in [-0.4, -0.2) is 28.3 Å². The Balaban J connectivity index is 1.99. The van der Waals surface area contributed by atoms with E-state index in [1.165, 1.54) is 24.3 Å². The van der Waals surface area contributed by atoms with Crippen molar-refractivity contribution in [1.82, 2.24) is 0 Å². The smallest absolute Gasteiger partial charge is 0.306 e. The number of rotatable bonds is 13. The van der Waals surface area contributed by atoms with Gasteiger partial charge in [0.05, 0.1) is 16.5 Å². The standard InChI is InChI=1S/C22H25ClN2O6/c23-13-3-1-2-4-14-31-22(26)12-8-18-7-11-21(25(29)30)16-19(18)15-17-5-9-20(10-6-17)24(27)28/h5-7,9-11,16H,1-4,8,12-15H2. The summed E-state index contributed by atoms with van der Waals surface area (Å²) in [5.41, 5.74) is 2.24. The molecule has 0 saturated carbocycles. The summed E-state index contributed by atoms with van der Waals surface area (Å²) in [6.07, 6.45) is 4.65. The van der Waals surface area contributed by atoms with Crippen LogP contribution < -0.4 is 0 Å². The van der Waals surface area contributed by atoms with Gasteiger partial charge >= 0.3 is 5.97 Å². The molecule has 0 aromatic heterocycles. The van der Waals surface area contributed by atoms with Crippen LogP contribution >= 0.6 is 11.6 Å². The number of unbranched alkanes of at least 4 members (excludes halogenated alkanes) is 3. The monoisotopic (exact) mass is 448 g/mol. The Morgan fingerprint density at radius 1 is 0.871 bits per heavy atom. The molecule has 2 rings (SSSR count). The fraction of sp³-hybridized carbons (Fsp3) is 0.409. The van der Waals surface area contributed by atoms with Crippen molar-refractivity contribution in [3.63, 3.8) is 0 Å². The molecule has 0 N–H and O–H groups in total. The number of esters is 1. The van der Waals surface area contributed by atoms with Gasteiger partial charge in [-0.1, -0.05) is 31.0 Å². The zero-order chi connectivity index (χ0) is 22.6. The Labute approximate surface area is 185 Å². The summed E-state index contributed by atoms with van der Waals surface area (Å²) >= 11 is 5.62. The minimum Gasteiger partial charge on any atom is -0.466 e. The first kappa shape index (κ1) is 24.3. The van der Waals surface area contributed by atoms with Crippen LogP contribution in [0.15, 0.2) is 42.5 Å². The highest BCUT2D eigenvalue weighted by Gasteiger charge is 2.14. The van der Waals surface area contributed by atoms with Crippen molar-refractivity contribution in [2.75, 3.05) is 12.5 Å². The van der Waals surface area contributed by atoms with Gasteiger partial charge in [0.1, 0.15) is 0 Å². The summed E-state index contributed by atoms with van der Waals surface area (Å²) in [5.74, 6) is 0.328. The third-order valence-corrected chi connectivity index (χ3v) is 5.10. The number of non-ortho nitro benzene ring substituents is 2. The van der Waals surface area contributed by atoms with E-state index < -0.39 is 9.85 Å². The number of halogens is 1. The highest BCUT2D eigenvalue weighted by atomic mass is 35.5. The molecule has 0 radical (unpaired) electrons. The van der Waals surface area contributed by atoms with Crippen LogP contribution in [0.4, 0.5) is 11.4 Å². The molecule has 0 heterocycles. The number of hydrogen-bond donors (Lipinski definition) is 0. The van der Waals surface area contributed by atoms with Gasteiger partial charge in [0.15, 0.2) is 0 Å². The van der Waals surface area contributed by atoms with Gasteiger partial charge in [-0.2, -0.15) is 0 Å². The van der Waals surface area contributed by atoms with Crippen LogP contribution in [0.3, 0.4) is 0 Å². The summed E-state index contributed by atoms with van der Waals surface area (Å²) in [5, 5.41) is 22.0. The van der Waals surface area contributed by atoms with Crippen molar-refractivity contribution in [2.45, 2.75) is 44.9 Å². The van der Waals surface area contributed by atoms with Crippen LogP contribution in [0.2, 0.25) is 0 Å². The lowest BCUT2D eigenvalue weighted by atomic mass is 9.96. The fourth-order valence-electron chi connectivity index (χ4n) is 3.13. The van der Waals surface area contributed by atoms with Gasteiger partial charge in [-0.05, 0) is 42.4 Å². The second-order valence-corrected chi connectivity index (χ2v) is 7.51. The van der Waals surface area contributed by atoms with Crippen LogP contribution in [-0.2, 0) is 22.4 Å². The van der Waals surface area contributed by atoms with E-state index in [0.29, 0.717) is 30.9 Å². The lowest BCUT2D eigenvalue weighted by Crippen LogP contribution is -2.08. The molecule has 0 atom stereocenters. The van der Waals surface area contributed by atoms with Crippen LogP contribution in [0.5, 0.6) is 0 Å². The molecule has 0 bridgehead atoms. The van der Waals surface area contributed by atoms with E-state index in [1.807, 2.05) is 0 Å². The average Bonchev–Trinajstić information content (AvgIpc) is 2.75. The zero-order valence-corrected chi connectivity index (χ0v) is 17.9. The minimum absolute atomic E-state index is 0.0200. The number of carbonyl (C=O) groups is 1. The second kappa shape index (κ2) is 12.6. The van der Waals surface area contributed by atoms with E-state index in [1.54, 1.807) is 18.2 Å². The molecule has 9 heteroatoms. The quantitative estimate of drug-likeness (QED) is 0.134. The van der Waals surface area contributed by atoms with Gasteiger partial charge in [-0.15, -0.1) is 11.6 Å². The van der Waals surface area contributed by atoms with E-state index in [9.17, 15) is 25.0 Å². The average molecular weight is 449 g/mol. The first-order chi connectivity index (χ1) is 14.9. The summed E-state index contributed by atoms with van der Waals surface area (Å²) in [6, 6.07) is 10.6. The Morgan fingerprint density at radius 3 is 2.16 bits per heavy atom. The number of aryl methyl sites for hydroxylation is 1. The molecule has 31 heavy (non-hydrogen) atoms. The van der Waals surface area contributed by atoms with E-state index in [2.05, 4.69) is 0 Å². The summed E-state index contributed by atoms with van der Waals surface area (Å²) in [7, 11) is 0. The lowest BCUT2D eigenvalue weighted by Gasteiger charge is -2.10. The first-order valence-electron chi connectivity index (χ1n) is 10.1. The SMILES string of the molecule is O=C(CCc1ccc([N+](=O)[O-])cc1Cc1ccc([N+](=O)[O-])cc1)OCCCCCCCl. The van der Waals surface area contributed by atoms with Crippen molar-refractivity contribution in [1.29, 1.82) is 0 Å². The van der Waals surface area contributed by atoms with Gasteiger partial charge in [0.2, 0.25) is 0 Å². The molecule has 0 saturated heterocycles. The number of hydrogen-bond acceptors (Lipinski definition) is 6. The van der Waals surface area contributed by atoms with E-state index in [-0.39, 0.29) is 23.8 Å². The van der Waals surface area contributed by atoms with E-state index in [0.717, 1.165) is 36.8 Å². The summed E-state index contributed by atoms with van der Waals surface area (Å²) in [6.45, 7) is 0.372. The number of ether oxygens (including phenoxy) is 1. The van der Waals surface area contributed by atoms with Crippen LogP contribution in [0.1, 0.15) is 48.8 Å². The number of nitrogens with zero attached hydrogens (tertiary/aromatic N) is 2. The largest absolute Gasteiger partial charge is 0.466 e. The normalized spacial score (nSPS) is 10.6. The van der Waals surface area contributed by atoms with Gasteiger partial charge in [0.25, 0.3) is 11.4 Å². The maximum Gasteiger partial charge on any atom is 0.306 e. The molecule has 2 aromatic carbocycles. The molecule has 8 nitrogen and oxygen atoms in total. The van der Waals surface area contributed by atoms with Crippen molar-refractivity contribution >= 4 is 28.9 Å². The maximum atomic E-state index is 12.0. The maximum absolute atomic E-state index is 12.0. The number of nitro groups is 2. The number of carbonyl (C=O) groups excluding carboxylic acids is 1. The Kier molecular flexibility index (Phi) is 9.90. The molecule has 0 spiro atoms. The van der Waals surface area contributed by atoms with Crippen molar-refractivity contribution in [3.05, 3.63) is 79.4 Å². The molecular weight excluding hydrogens is 424 g/mol. The van der Waals surface area contributed by atoms with Gasteiger partial charge in [0, 0.05) is 36.6 Å². The van der Waals surface area contributed by atoms with Crippen molar-refractivity contribution in [3.8, 4) is 0 Å². The molecule has 0 aliphatic carbocycles. The summed E-state index contributed by atoms with van der Waals surface area (Å²) < 4.78 is 5.26. The number of nitro benzene ring substituents is 2. The van der Waals surface area contributed by atoms with Crippen molar-refractivity contribution < 1.29 is 19.4 Å². The highest BCUT2D eigenvalue weighted by Crippen LogP contribution is 2.23. The third kappa shape index (κ3) is 8.33. The van der Waals surface area contributed by atoms with Crippen LogP contribution in [0, 0.1) is 20.2 Å². The molecule has 0 fully saturated rings. The topological polar surface area (TPSA) is 113 Å². The second-order valence-electron chi connectivity index (χ2n) is 7.13.